The molecule has 2 aliphatic carbocycles. The molecule has 2 heterocycles. The average molecular weight is 493 g/mol. The van der Waals surface area contributed by atoms with Gasteiger partial charge >= 0.3 is 0 Å². The lowest BCUT2D eigenvalue weighted by Crippen LogP contribution is -2.53. The Balaban J connectivity index is 0.000000303. The number of nitrogens with zero attached hydrogens (tertiary/aromatic N) is 1. The summed E-state index contributed by atoms with van der Waals surface area (Å²) in [6.07, 6.45) is 14.3. The maximum atomic E-state index is 12.0. The van der Waals surface area contributed by atoms with Gasteiger partial charge in [0.15, 0.2) is 19.7 Å². The third kappa shape index (κ3) is 6.22. The van der Waals surface area contributed by atoms with Gasteiger partial charge in [-0.3, -0.25) is 0 Å². The van der Waals surface area contributed by atoms with Crippen LogP contribution in [0.2, 0.25) is 0 Å². The van der Waals surface area contributed by atoms with E-state index in [4.69, 9.17) is 5.73 Å². The Morgan fingerprint density at radius 1 is 0.688 bits per heavy atom. The zero-order valence-electron chi connectivity index (χ0n) is 17.9. The molecule has 2 atom stereocenters. The summed E-state index contributed by atoms with van der Waals surface area (Å²) in [4.78, 5) is 14.5. The third-order valence-corrected chi connectivity index (χ3v) is 12.5. The van der Waals surface area contributed by atoms with E-state index in [1.807, 2.05) is 0 Å². The quantitative estimate of drug-likeness (QED) is 0.467. The molecule has 188 valence electrons. The molecule has 4 fully saturated rings. The van der Waals surface area contributed by atoms with Crippen molar-refractivity contribution in [2.45, 2.75) is 126 Å². The fourth-order valence-corrected chi connectivity index (χ4v) is 10.8. The lowest BCUT2D eigenvalue weighted by Gasteiger charge is -2.37. The van der Waals surface area contributed by atoms with Gasteiger partial charge in [0.05, 0.1) is 27.5 Å². The molecule has 4 aliphatic rings. The van der Waals surface area contributed by atoms with Gasteiger partial charge in [0.25, 0.3) is 0 Å². The van der Waals surface area contributed by atoms with Crippen molar-refractivity contribution in [3.63, 3.8) is 0 Å². The highest BCUT2D eigenvalue weighted by Crippen LogP contribution is 2.42. The van der Waals surface area contributed by atoms with Crippen LogP contribution < -0.4 is 5.73 Å². The summed E-state index contributed by atoms with van der Waals surface area (Å²) in [7, 11) is -5.91. The van der Waals surface area contributed by atoms with E-state index in [0.29, 0.717) is 18.6 Å². The SMILES string of the molecule is C.C.NC1(C2CCCS2(=O)=O)CCCCC1.O=C=NC1(C2CCCS2(=O)=O)CCCCC1. The Hall–Kier alpha value is -0.760. The molecule has 2 saturated carbocycles. The molecule has 2 aliphatic heterocycles. The molecule has 7 nitrogen and oxygen atoms in total. The monoisotopic (exact) mass is 492 g/mol. The zero-order chi connectivity index (χ0) is 21.9. The standard InChI is InChI=1S/C11H17NO3S.C10H19NO2S.2CH4/c13-9-12-11(6-2-1-3-7-11)10-5-4-8-16(10,14)15;11-10(6-2-1-3-7-10)9-5-4-8-14(9,12)13;;/h10H,1-8H2;9H,1-8,11H2;2*1H4. The zero-order valence-corrected chi connectivity index (χ0v) is 19.5. The van der Waals surface area contributed by atoms with Gasteiger partial charge in [0.2, 0.25) is 6.08 Å². The highest BCUT2D eigenvalue weighted by atomic mass is 32.2. The van der Waals surface area contributed by atoms with Crippen molar-refractivity contribution in [1.29, 1.82) is 0 Å². The Morgan fingerprint density at radius 2 is 1.12 bits per heavy atom. The number of nitrogens with two attached hydrogens (primary N) is 1. The molecule has 0 amide bonds. The molecule has 0 aromatic rings. The second-order valence-corrected chi connectivity index (χ2v) is 14.3. The lowest BCUT2D eigenvalue weighted by atomic mass is 9.78. The van der Waals surface area contributed by atoms with E-state index in [-0.39, 0.29) is 25.9 Å². The van der Waals surface area contributed by atoms with E-state index in [1.54, 1.807) is 6.08 Å². The van der Waals surface area contributed by atoms with Crippen LogP contribution in [0.25, 0.3) is 0 Å². The van der Waals surface area contributed by atoms with E-state index in [0.717, 1.165) is 70.6 Å². The van der Waals surface area contributed by atoms with Crippen molar-refractivity contribution in [2.24, 2.45) is 10.7 Å². The molecule has 2 saturated heterocycles. The second kappa shape index (κ2) is 11.6. The van der Waals surface area contributed by atoms with Crippen molar-refractivity contribution in [3.05, 3.63) is 0 Å². The van der Waals surface area contributed by atoms with Crippen molar-refractivity contribution in [1.82, 2.24) is 0 Å². The summed E-state index contributed by atoms with van der Waals surface area (Å²) in [6, 6.07) is 0. The number of rotatable bonds is 3. The maximum Gasteiger partial charge on any atom is 0.235 e. The summed E-state index contributed by atoms with van der Waals surface area (Å²) < 4.78 is 47.5. The first kappa shape index (κ1) is 29.3. The van der Waals surface area contributed by atoms with Crippen LogP contribution in [0.3, 0.4) is 0 Å². The minimum Gasteiger partial charge on any atom is -0.324 e. The summed E-state index contributed by atoms with van der Waals surface area (Å²) in [5.74, 6) is 0.615. The van der Waals surface area contributed by atoms with Crippen molar-refractivity contribution in [2.75, 3.05) is 11.5 Å². The van der Waals surface area contributed by atoms with Crippen LogP contribution >= 0.6 is 0 Å². The number of isocyanates is 1. The first-order valence-corrected chi connectivity index (χ1v) is 14.9. The van der Waals surface area contributed by atoms with Gasteiger partial charge in [-0.25, -0.2) is 21.6 Å². The summed E-state index contributed by atoms with van der Waals surface area (Å²) in [5, 5.41) is -0.669. The summed E-state index contributed by atoms with van der Waals surface area (Å²) >= 11 is 0. The predicted molar refractivity (Wildman–Crippen MR) is 131 cm³/mol. The molecule has 0 aromatic heterocycles. The summed E-state index contributed by atoms with van der Waals surface area (Å²) in [6.45, 7) is 0. The van der Waals surface area contributed by atoms with E-state index in [2.05, 4.69) is 4.99 Å². The van der Waals surface area contributed by atoms with E-state index >= 15 is 0 Å². The molecule has 2 unspecified atom stereocenters. The van der Waals surface area contributed by atoms with Crippen LogP contribution in [0.15, 0.2) is 4.99 Å². The first-order valence-electron chi connectivity index (χ1n) is 11.5. The molecule has 9 heteroatoms. The van der Waals surface area contributed by atoms with Gasteiger partial charge in [0, 0.05) is 5.54 Å². The topological polar surface area (TPSA) is 124 Å². The minimum atomic E-state index is -3.04. The third-order valence-electron chi connectivity index (χ3n) is 7.67. The van der Waals surface area contributed by atoms with Crippen LogP contribution in [0, 0.1) is 0 Å². The Labute approximate surface area is 195 Å². The number of hydrogen-bond acceptors (Lipinski definition) is 7. The molecule has 2 N–H and O–H groups in total. The number of aliphatic imine (C=N–C) groups is 1. The molecule has 0 aromatic carbocycles. The summed E-state index contributed by atoms with van der Waals surface area (Å²) in [5.41, 5.74) is 5.22. The molecule has 32 heavy (non-hydrogen) atoms. The molecule has 4 rings (SSSR count). The molecular formula is C23H44N2O5S2. The average Bonchev–Trinajstić information content (AvgIpc) is 3.25. The number of carbonyl (C=O) groups excluding carboxylic acids is 1. The van der Waals surface area contributed by atoms with Gasteiger partial charge in [-0.2, -0.15) is 4.99 Å². The van der Waals surface area contributed by atoms with E-state index < -0.39 is 36.0 Å². The molecule has 0 spiro atoms. The first-order chi connectivity index (χ1) is 14.2. The van der Waals surface area contributed by atoms with Gasteiger partial charge in [0.1, 0.15) is 0 Å². The van der Waals surface area contributed by atoms with Crippen molar-refractivity contribution in [3.8, 4) is 0 Å². The number of sulfone groups is 2. The molecular weight excluding hydrogens is 448 g/mol. The van der Waals surface area contributed by atoms with Crippen LogP contribution in [-0.4, -0.2) is 56.0 Å². The fourth-order valence-electron chi connectivity index (χ4n) is 6.12. The largest absolute Gasteiger partial charge is 0.324 e. The lowest BCUT2D eigenvalue weighted by molar-refractivity contribution is 0.279. The Kier molecular flexibility index (Phi) is 10.6. The van der Waals surface area contributed by atoms with Crippen LogP contribution in [0.5, 0.6) is 0 Å². The Morgan fingerprint density at radius 3 is 1.53 bits per heavy atom. The highest BCUT2D eigenvalue weighted by molar-refractivity contribution is 7.92. The van der Waals surface area contributed by atoms with Crippen LogP contribution in [0.1, 0.15) is 105 Å². The Bertz CT molecular complexity index is 851. The normalized spacial score (nSPS) is 31.5. The predicted octanol–water partition coefficient (Wildman–Crippen LogP) is 4.10. The van der Waals surface area contributed by atoms with Crippen molar-refractivity contribution < 1.29 is 21.6 Å². The maximum absolute atomic E-state index is 12.0. The highest BCUT2D eigenvalue weighted by Gasteiger charge is 2.49. The number of hydrogen-bond donors (Lipinski definition) is 1. The van der Waals surface area contributed by atoms with Gasteiger partial charge < -0.3 is 5.73 Å². The van der Waals surface area contributed by atoms with Gasteiger partial charge in [-0.15, -0.1) is 0 Å². The smallest absolute Gasteiger partial charge is 0.235 e. The van der Waals surface area contributed by atoms with Crippen LogP contribution in [0.4, 0.5) is 0 Å². The van der Waals surface area contributed by atoms with Gasteiger partial charge in [-0.05, 0) is 51.4 Å². The van der Waals surface area contributed by atoms with Gasteiger partial charge in [-0.1, -0.05) is 53.4 Å². The van der Waals surface area contributed by atoms with Crippen molar-refractivity contribution >= 4 is 25.8 Å². The van der Waals surface area contributed by atoms with E-state index in [9.17, 15) is 21.6 Å². The second-order valence-electron chi connectivity index (χ2n) is 9.66. The fraction of sp³-hybridized carbons (Fsp3) is 0.957. The van der Waals surface area contributed by atoms with E-state index in [1.165, 1.54) is 6.42 Å². The minimum absolute atomic E-state index is 0. The molecule has 0 radical (unpaired) electrons. The van der Waals surface area contributed by atoms with Crippen LogP contribution in [-0.2, 0) is 24.5 Å². The molecule has 0 bridgehead atoms.